The lowest BCUT2D eigenvalue weighted by Gasteiger charge is -2.45. The number of carbonyl (C=O) groups excluding carboxylic acids is 1. The molecule has 0 aromatic heterocycles. The fourth-order valence-electron chi connectivity index (χ4n) is 3.45. The van der Waals surface area contributed by atoms with Crippen LogP contribution in [0.25, 0.3) is 0 Å². The van der Waals surface area contributed by atoms with Crippen molar-refractivity contribution in [1.82, 2.24) is 5.32 Å². The highest BCUT2D eigenvalue weighted by Crippen LogP contribution is 2.41. The zero-order valence-electron chi connectivity index (χ0n) is 12.0. The van der Waals surface area contributed by atoms with E-state index >= 15 is 0 Å². The zero-order chi connectivity index (χ0) is 13.2. The number of rotatable bonds is 5. The lowest BCUT2D eigenvalue weighted by molar-refractivity contribution is -0.157. The van der Waals surface area contributed by atoms with E-state index < -0.39 is 5.54 Å². The molecule has 0 bridgehead atoms. The van der Waals surface area contributed by atoms with Gasteiger partial charge in [-0.3, -0.25) is 10.1 Å². The first kappa shape index (κ1) is 13.9. The van der Waals surface area contributed by atoms with Gasteiger partial charge in [-0.2, -0.15) is 0 Å². The van der Waals surface area contributed by atoms with E-state index in [4.69, 9.17) is 4.74 Å². The van der Waals surface area contributed by atoms with Gasteiger partial charge in [0.1, 0.15) is 5.54 Å². The molecule has 0 radical (unpaired) electrons. The van der Waals surface area contributed by atoms with Gasteiger partial charge in [0.25, 0.3) is 0 Å². The molecule has 0 saturated heterocycles. The Hall–Kier alpha value is -0.570. The molecule has 2 aliphatic rings. The van der Waals surface area contributed by atoms with Gasteiger partial charge in [-0.05, 0) is 44.4 Å². The van der Waals surface area contributed by atoms with Gasteiger partial charge in [0.15, 0.2) is 0 Å². The average Bonchev–Trinajstić information content (AvgIpc) is 3.13. The highest BCUT2D eigenvalue weighted by Gasteiger charge is 2.51. The molecule has 2 unspecified atom stereocenters. The quantitative estimate of drug-likeness (QED) is 0.766. The van der Waals surface area contributed by atoms with Crippen molar-refractivity contribution in [3.63, 3.8) is 0 Å². The number of hydrogen-bond donors (Lipinski definition) is 1. The molecule has 18 heavy (non-hydrogen) atoms. The third-order valence-corrected chi connectivity index (χ3v) is 4.45. The van der Waals surface area contributed by atoms with Gasteiger partial charge < -0.3 is 4.74 Å². The van der Waals surface area contributed by atoms with Crippen LogP contribution in [0.4, 0.5) is 0 Å². The van der Waals surface area contributed by atoms with Crippen LogP contribution in [-0.2, 0) is 9.53 Å². The Kier molecular flexibility index (Phi) is 4.31. The number of hydrogen-bond acceptors (Lipinski definition) is 3. The molecule has 0 amide bonds. The highest BCUT2D eigenvalue weighted by molar-refractivity contribution is 5.81. The van der Waals surface area contributed by atoms with Crippen LogP contribution in [0.1, 0.15) is 59.3 Å². The summed E-state index contributed by atoms with van der Waals surface area (Å²) >= 11 is 0. The summed E-state index contributed by atoms with van der Waals surface area (Å²) in [7, 11) is 0. The first-order chi connectivity index (χ1) is 8.60. The van der Waals surface area contributed by atoms with Crippen molar-refractivity contribution in [2.45, 2.75) is 70.9 Å². The van der Waals surface area contributed by atoms with E-state index in [2.05, 4.69) is 19.2 Å². The summed E-state index contributed by atoms with van der Waals surface area (Å²) in [6.45, 7) is 6.85. The first-order valence-electron chi connectivity index (χ1n) is 7.55. The minimum Gasteiger partial charge on any atom is -0.465 e. The number of carbonyl (C=O) groups is 1. The molecule has 2 aliphatic carbocycles. The highest BCUT2D eigenvalue weighted by atomic mass is 16.5. The Balaban J connectivity index is 2.21. The van der Waals surface area contributed by atoms with Crippen LogP contribution in [0.3, 0.4) is 0 Å². The Morgan fingerprint density at radius 1 is 1.33 bits per heavy atom. The third-order valence-electron chi connectivity index (χ3n) is 4.45. The van der Waals surface area contributed by atoms with E-state index in [1.807, 2.05) is 6.92 Å². The van der Waals surface area contributed by atoms with Crippen LogP contribution in [0.5, 0.6) is 0 Å². The van der Waals surface area contributed by atoms with Crippen LogP contribution < -0.4 is 5.32 Å². The van der Waals surface area contributed by atoms with Crippen molar-refractivity contribution in [3.05, 3.63) is 0 Å². The standard InChI is InChI=1S/C15H27NO2/c1-4-18-14(17)15(16-12-8-9-12)10-6-5-7-13(15)11(2)3/h11-13,16H,4-10H2,1-3H3. The molecule has 0 aromatic carbocycles. The van der Waals surface area contributed by atoms with Crippen molar-refractivity contribution in [1.29, 1.82) is 0 Å². The molecule has 0 heterocycles. The molecule has 1 N–H and O–H groups in total. The van der Waals surface area contributed by atoms with E-state index in [1.54, 1.807) is 0 Å². The second kappa shape index (κ2) is 5.60. The van der Waals surface area contributed by atoms with Gasteiger partial charge in [-0.1, -0.05) is 26.7 Å². The minimum atomic E-state index is -0.399. The fourth-order valence-corrected chi connectivity index (χ4v) is 3.45. The van der Waals surface area contributed by atoms with Crippen LogP contribution >= 0.6 is 0 Å². The second-order valence-electron chi connectivity index (χ2n) is 6.21. The molecule has 3 heteroatoms. The maximum absolute atomic E-state index is 12.5. The molecule has 2 fully saturated rings. The van der Waals surface area contributed by atoms with Gasteiger partial charge in [0.2, 0.25) is 0 Å². The summed E-state index contributed by atoms with van der Waals surface area (Å²) in [5.74, 6) is 0.946. The molecular weight excluding hydrogens is 226 g/mol. The van der Waals surface area contributed by atoms with E-state index in [0.717, 1.165) is 19.3 Å². The normalized spacial score (nSPS) is 32.6. The summed E-state index contributed by atoms with van der Waals surface area (Å²) in [4.78, 5) is 12.5. The van der Waals surface area contributed by atoms with E-state index in [1.165, 1.54) is 19.3 Å². The first-order valence-corrected chi connectivity index (χ1v) is 7.55. The molecule has 3 nitrogen and oxygen atoms in total. The Bertz CT molecular complexity index is 299. The number of esters is 1. The van der Waals surface area contributed by atoms with E-state index in [-0.39, 0.29) is 5.97 Å². The van der Waals surface area contributed by atoms with Crippen molar-refractivity contribution in [3.8, 4) is 0 Å². The van der Waals surface area contributed by atoms with Gasteiger partial charge in [-0.25, -0.2) is 0 Å². The second-order valence-corrected chi connectivity index (χ2v) is 6.21. The molecule has 104 valence electrons. The predicted octanol–water partition coefficient (Wildman–Crippen LogP) is 2.89. The smallest absolute Gasteiger partial charge is 0.326 e. The minimum absolute atomic E-state index is 0.00435. The largest absolute Gasteiger partial charge is 0.465 e. The summed E-state index contributed by atoms with van der Waals surface area (Å²) in [5.41, 5.74) is -0.399. The van der Waals surface area contributed by atoms with Crippen LogP contribution in [0.15, 0.2) is 0 Å². The van der Waals surface area contributed by atoms with Gasteiger partial charge in [0.05, 0.1) is 6.61 Å². The van der Waals surface area contributed by atoms with E-state index in [0.29, 0.717) is 24.5 Å². The fraction of sp³-hybridized carbons (Fsp3) is 0.933. The van der Waals surface area contributed by atoms with Crippen LogP contribution in [-0.4, -0.2) is 24.2 Å². The maximum Gasteiger partial charge on any atom is 0.326 e. The van der Waals surface area contributed by atoms with Crippen molar-refractivity contribution >= 4 is 5.97 Å². The summed E-state index contributed by atoms with van der Waals surface area (Å²) in [6, 6.07) is 0.550. The van der Waals surface area contributed by atoms with E-state index in [9.17, 15) is 4.79 Å². The molecular formula is C15H27NO2. The average molecular weight is 253 g/mol. The van der Waals surface area contributed by atoms with Gasteiger partial charge in [-0.15, -0.1) is 0 Å². The summed E-state index contributed by atoms with van der Waals surface area (Å²) < 4.78 is 5.39. The molecule has 0 spiro atoms. The van der Waals surface area contributed by atoms with Crippen molar-refractivity contribution in [2.24, 2.45) is 11.8 Å². The van der Waals surface area contributed by atoms with Crippen molar-refractivity contribution in [2.75, 3.05) is 6.61 Å². The van der Waals surface area contributed by atoms with Crippen LogP contribution in [0.2, 0.25) is 0 Å². The van der Waals surface area contributed by atoms with Gasteiger partial charge in [0, 0.05) is 6.04 Å². The van der Waals surface area contributed by atoms with Gasteiger partial charge >= 0.3 is 5.97 Å². The number of ether oxygens (including phenoxy) is 1. The summed E-state index contributed by atoms with van der Waals surface area (Å²) in [5, 5.41) is 3.65. The molecule has 0 aromatic rings. The number of nitrogens with one attached hydrogen (secondary N) is 1. The SMILES string of the molecule is CCOC(=O)C1(NC2CC2)CCCCC1C(C)C. The molecule has 2 rings (SSSR count). The van der Waals surface area contributed by atoms with Crippen LogP contribution in [0, 0.1) is 11.8 Å². The lowest BCUT2D eigenvalue weighted by Crippen LogP contribution is -2.61. The zero-order valence-corrected chi connectivity index (χ0v) is 12.0. The Morgan fingerprint density at radius 2 is 2.06 bits per heavy atom. The topological polar surface area (TPSA) is 38.3 Å². The maximum atomic E-state index is 12.5. The Morgan fingerprint density at radius 3 is 2.61 bits per heavy atom. The molecule has 2 saturated carbocycles. The third kappa shape index (κ3) is 2.71. The van der Waals surface area contributed by atoms with Crippen molar-refractivity contribution < 1.29 is 9.53 Å². The molecule has 0 aliphatic heterocycles. The summed E-state index contributed by atoms with van der Waals surface area (Å²) in [6.07, 6.45) is 6.91. The predicted molar refractivity (Wildman–Crippen MR) is 72.3 cm³/mol. The monoisotopic (exact) mass is 253 g/mol. The Labute approximate surface area is 111 Å². The lowest BCUT2D eigenvalue weighted by atomic mass is 9.67. The molecule has 2 atom stereocenters.